The number of nitrogens with one attached hydrogen (secondary N) is 1. The maximum Gasteiger partial charge on any atom is 0.430 e. The highest BCUT2D eigenvalue weighted by molar-refractivity contribution is 7.19. The molecule has 8 nitrogen and oxygen atoms in total. The number of nitrogens with zero attached hydrogens (tertiary/aromatic N) is 3. The summed E-state index contributed by atoms with van der Waals surface area (Å²) < 4.78 is 0. The van der Waals surface area contributed by atoms with Gasteiger partial charge in [0.1, 0.15) is 5.69 Å². The maximum absolute atomic E-state index is 11.1. The molecule has 0 saturated heterocycles. The Balaban J connectivity index is 2.04. The fourth-order valence-electron chi connectivity index (χ4n) is 2.10. The van der Waals surface area contributed by atoms with Crippen LogP contribution in [0.15, 0.2) is 6.20 Å². The molecule has 2 heterocycles. The highest BCUT2D eigenvalue weighted by Crippen LogP contribution is 2.39. The summed E-state index contributed by atoms with van der Waals surface area (Å²) in [7, 11) is 0. The smallest absolute Gasteiger partial charge is 0.333 e. The van der Waals surface area contributed by atoms with Gasteiger partial charge in [-0.2, -0.15) is 0 Å². The minimum absolute atomic E-state index is 0.182. The number of carbonyl (C=O) groups excluding carboxylic acids is 2. The molecule has 3 rings (SSSR count). The molecule has 0 radical (unpaired) electrons. The second kappa shape index (κ2) is 4.60. The van der Waals surface area contributed by atoms with Crippen LogP contribution in [-0.4, -0.2) is 26.9 Å². The largest absolute Gasteiger partial charge is 0.430 e. The Kier molecular flexibility index (Phi) is 2.90. The number of hydrogen-bond acceptors (Lipinski definition) is 6. The molecule has 0 bridgehead atoms. The Morgan fingerprint density at radius 3 is 3.00 bits per heavy atom. The molecule has 9 heteroatoms. The van der Waals surface area contributed by atoms with Gasteiger partial charge in [-0.25, -0.2) is 9.78 Å². The summed E-state index contributed by atoms with van der Waals surface area (Å²) >= 11 is 1.32. The lowest BCUT2D eigenvalue weighted by molar-refractivity contribution is -0.114. The Bertz CT molecular complexity index is 705. The number of rotatable bonds is 2. The van der Waals surface area contributed by atoms with Gasteiger partial charge >= 0.3 is 6.09 Å². The molecule has 0 fully saturated rings. The van der Waals surface area contributed by atoms with Gasteiger partial charge in [-0.15, -0.1) is 5.10 Å². The van der Waals surface area contributed by atoms with Gasteiger partial charge in [-0.3, -0.25) is 9.63 Å². The van der Waals surface area contributed by atoms with Crippen molar-refractivity contribution in [2.45, 2.75) is 19.8 Å². The summed E-state index contributed by atoms with van der Waals surface area (Å²) in [5.74, 6) is -0.182. The van der Waals surface area contributed by atoms with Crippen molar-refractivity contribution in [3.63, 3.8) is 0 Å². The third kappa shape index (κ3) is 2.11. The van der Waals surface area contributed by atoms with Gasteiger partial charge in [-0.1, -0.05) is 16.2 Å². The number of primary amides is 1. The Labute approximate surface area is 117 Å². The molecule has 2 aromatic heterocycles. The number of aryl methyl sites for hydroxylation is 2. The number of amides is 2. The van der Waals surface area contributed by atoms with Crippen molar-refractivity contribution in [3.05, 3.63) is 17.5 Å². The van der Waals surface area contributed by atoms with Crippen molar-refractivity contribution in [1.29, 1.82) is 0 Å². The highest BCUT2D eigenvalue weighted by atomic mass is 32.1. The lowest BCUT2D eigenvalue weighted by Crippen LogP contribution is -2.27. The number of aromatic nitrogens is 3. The molecule has 0 atom stereocenters. The molecular weight excluding hydrogens is 282 g/mol. The zero-order valence-corrected chi connectivity index (χ0v) is 11.4. The van der Waals surface area contributed by atoms with Crippen LogP contribution in [0.2, 0.25) is 0 Å². The van der Waals surface area contributed by atoms with E-state index >= 15 is 0 Å². The van der Waals surface area contributed by atoms with E-state index in [1.54, 1.807) is 6.20 Å². The predicted molar refractivity (Wildman–Crippen MR) is 71.2 cm³/mol. The number of nitrogens with two attached hydrogens (primary N) is 1. The van der Waals surface area contributed by atoms with E-state index in [1.165, 1.54) is 18.3 Å². The first-order chi connectivity index (χ1) is 9.54. The predicted octanol–water partition coefficient (Wildman–Crippen LogP) is 0.571. The van der Waals surface area contributed by atoms with Crippen molar-refractivity contribution in [3.8, 4) is 10.6 Å². The molecular formula is C11H11N5O3S. The molecule has 0 unspecified atom stereocenters. The van der Waals surface area contributed by atoms with Gasteiger partial charge in [0.2, 0.25) is 5.91 Å². The van der Waals surface area contributed by atoms with Crippen LogP contribution in [0.3, 0.4) is 0 Å². The van der Waals surface area contributed by atoms with Gasteiger partial charge in [0.05, 0.1) is 16.8 Å². The normalized spacial score (nSPS) is 12.4. The van der Waals surface area contributed by atoms with Gasteiger partial charge in [0.25, 0.3) is 0 Å². The van der Waals surface area contributed by atoms with Crippen molar-refractivity contribution in [2.24, 2.45) is 5.73 Å². The first-order valence-corrected chi connectivity index (χ1v) is 6.68. The molecule has 0 aliphatic heterocycles. The van der Waals surface area contributed by atoms with E-state index in [4.69, 9.17) is 10.6 Å². The Morgan fingerprint density at radius 1 is 1.50 bits per heavy atom. The number of carbonyl (C=O) groups is 2. The van der Waals surface area contributed by atoms with Gasteiger partial charge < -0.3 is 11.1 Å². The molecule has 104 valence electrons. The number of fused-ring (bicyclic) bond motifs is 3. The van der Waals surface area contributed by atoms with E-state index in [1.807, 2.05) is 0 Å². The minimum Gasteiger partial charge on any atom is -0.333 e. The van der Waals surface area contributed by atoms with Gasteiger partial charge in [0, 0.05) is 12.5 Å². The van der Waals surface area contributed by atoms with Crippen LogP contribution in [0.4, 0.5) is 9.93 Å². The quantitative estimate of drug-likeness (QED) is 0.840. The van der Waals surface area contributed by atoms with E-state index in [9.17, 15) is 9.59 Å². The number of thiazole rings is 1. The average Bonchev–Trinajstić information content (AvgIpc) is 2.90. The summed E-state index contributed by atoms with van der Waals surface area (Å²) in [5, 5.41) is 7.16. The average molecular weight is 293 g/mol. The molecule has 0 spiro atoms. The summed E-state index contributed by atoms with van der Waals surface area (Å²) in [6.07, 6.45) is 2.20. The molecule has 1 aliphatic carbocycles. The lowest BCUT2D eigenvalue weighted by Gasteiger charge is -2.11. The van der Waals surface area contributed by atoms with Crippen LogP contribution in [0, 0.1) is 0 Å². The second-order valence-electron chi connectivity index (χ2n) is 4.28. The van der Waals surface area contributed by atoms with E-state index in [0.717, 1.165) is 33.8 Å². The van der Waals surface area contributed by atoms with E-state index in [0.29, 0.717) is 10.8 Å². The first kappa shape index (κ1) is 12.6. The van der Waals surface area contributed by atoms with Crippen molar-refractivity contribution in [1.82, 2.24) is 14.9 Å². The van der Waals surface area contributed by atoms with E-state index in [2.05, 4.69) is 15.4 Å². The zero-order chi connectivity index (χ0) is 14.3. The SMILES string of the molecule is CC(=O)Nc1nc2c(s1)-c1c(cnn1OC(N)=O)CC2. The van der Waals surface area contributed by atoms with E-state index in [-0.39, 0.29) is 5.91 Å². The van der Waals surface area contributed by atoms with Gasteiger partial charge in [0.15, 0.2) is 5.13 Å². The second-order valence-corrected chi connectivity index (χ2v) is 5.28. The van der Waals surface area contributed by atoms with Crippen LogP contribution in [0.1, 0.15) is 18.2 Å². The molecule has 3 N–H and O–H groups in total. The number of hydrogen-bond donors (Lipinski definition) is 2. The third-order valence-corrected chi connectivity index (χ3v) is 3.84. The lowest BCUT2D eigenvalue weighted by atomic mass is 10.0. The molecule has 20 heavy (non-hydrogen) atoms. The summed E-state index contributed by atoms with van der Waals surface area (Å²) in [6, 6.07) is 0. The van der Waals surface area contributed by atoms with Crippen LogP contribution in [0.5, 0.6) is 0 Å². The van der Waals surface area contributed by atoms with Crippen LogP contribution >= 0.6 is 11.3 Å². The van der Waals surface area contributed by atoms with Crippen molar-refractivity contribution < 1.29 is 14.4 Å². The van der Waals surface area contributed by atoms with Crippen molar-refractivity contribution in [2.75, 3.05) is 5.32 Å². The molecule has 0 aromatic carbocycles. The summed E-state index contributed by atoms with van der Waals surface area (Å²) in [6.45, 7) is 1.42. The Morgan fingerprint density at radius 2 is 2.30 bits per heavy atom. The summed E-state index contributed by atoms with van der Waals surface area (Å²) in [4.78, 5) is 33.1. The Hall–Kier alpha value is -2.42. The maximum atomic E-state index is 11.1. The molecule has 1 aliphatic rings. The monoisotopic (exact) mass is 293 g/mol. The minimum atomic E-state index is -0.936. The van der Waals surface area contributed by atoms with Crippen LogP contribution in [0.25, 0.3) is 10.6 Å². The zero-order valence-electron chi connectivity index (χ0n) is 10.5. The summed E-state index contributed by atoms with van der Waals surface area (Å²) in [5.41, 5.74) is 7.49. The van der Waals surface area contributed by atoms with E-state index < -0.39 is 6.09 Å². The molecule has 2 aromatic rings. The third-order valence-electron chi connectivity index (χ3n) is 2.82. The van der Waals surface area contributed by atoms with Crippen molar-refractivity contribution >= 4 is 28.5 Å². The molecule has 0 saturated carbocycles. The van der Waals surface area contributed by atoms with Crippen LogP contribution in [-0.2, 0) is 17.6 Å². The fourth-order valence-corrected chi connectivity index (χ4v) is 3.21. The number of anilines is 1. The fraction of sp³-hybridized carbons (Fsp3) is 0.273. The first-order valence-electron chi connectivity index (χ1n) is 5.87. The molecule has 2 amide bonds. The topological polar surface area (TPSA) is 112 Å². The van der Waals surface area contributed by atoms with Gasteiger partial charge in [-0.05, 0) is 12.8 Å². The standard InChI is InChI=1S/C11H11N5O3S/c1-5(17)14-11-15-7-3-2-6-4-13-16(19-10(12)18)8(6)9(7)20-11/h4H,2-3H2,1H3,(H2,12,18)(H,14,15,17). The van der Waals surface area contributed by atoms with Crippen LogP contribution < -0.4 is 15.9 Å². The highest BCUT2D eigenvalue weighted by Gasteiger charge is 2.26.